The molecular formula is C20H13F3N4. The fraction of sp³-hybridized carbons (Fsp3) is 0.100. The second-order valence-corrected chi connectivity index (χ2v) is 6.37. The molecule has 1 aliphatic rings. The van der Waals surface area contributed by atoms with Crippen molar-refractivity contribution in [1.82, 2.24) is 14.5 Å². The maximum atomic E-state index is 14.5. The maximum absolute atomic E-state index is 14.5. The second-order valence-electron chi connectivity index (χ2n) is 6.37. The van der Waals surface area contributed by atoms with Gasteiger partial charge >= 0.3 is 0 Å². The van der Waals surface area contributed by atoms with Crippen LogP contribution in [0.4, 0.5) is 19.1 Å². The first kappa shape index (κ1) is 15.9. The minimum Gasteiger partial charge on any atom is -0.354 e. The van der Waals surface area contributed by atoms with E-state index in [9.17, 15) is 13.2 Å². The van der Waals surface area contributed by atoms with Gasteiger partial charge in [0.1, 0.15) is 11.5 Å². The Morgan fingerprint density at radius 3 is 2.81 bits per heavy atom. The molecule has 0 atom stereocenters. The van der Waals surface area contributed by atoms with Crippen LogP contribution in [0.1, 0.15) is 0 Å². The largest absolute Gasteiger partial charge is 0.354 e. The number of imidazole rings is 1. The number of aromatic nitrogens is 3. The van der Waals surface area contributed by atoms with Gasteiger partial charge in [0.15, 0.2) is 11.6 Å². The number of fused-ring (bicyclic) bond motifs is 2. The van der Waals surface area contributed by atoms with E-state index in [-0.39, 0.29) is 11.3 Å². The molecule has 0 aliphatic carbocycles. The fourth-order valence-corrected chi connectivity index (χ4v) is 3.52. The number of hydrogen-bond acceptors (Lipinski definition) is 3. The first-order valence-electron chi connectivity index (χ1n) is 8.46. The van der Waals surface area contributed by atoms with E-state index in [2.05, 4.69) is 15.3 Å². The number of nitrogens with zero attached hydrogens (tertiary/aromatic N) is 3. The van der Waals surface area contributed by atoms with Crippen molar-refractivity contribution in [2.24, 2.45) is 0 Å². The Bertz CT molecular complexity index is 1200. The van der Waals surface area contributed by atoms with Crippen LogP contribution in [-0.4, -0.2) is 21.1 Å². The van der Waals surface area contributed by atoms with E-state index in [1.54, 1.807) is 6.20 Å². The summed E-state index contributed by atoms with van der Waals surface area (Å²) >= 11 is 0. The molecule has 0 saturated heterocycles. The third-order valence-corrected chi connectivity index (χ3v) is 4.71. The molecule has 4 aromatic rings. The van der Waals surface area contributed by atoms with Crippen LogP contribution in [-0.2, 0) is 6.54 Å². The Morgan fingerprint density at radius 2 is 1.93 bits per heavy atom. The summed E-state index contributed by atoms with van der Waals surface area (Å²) < 4.78 is 43.9. The van der Waals surface area contributed by atoms with Crippen LogP contribution in [0.5, 0.6) is 0 Å². The lowest BCUT2D eigenvalue weighted by Crippen LogP contribution is -2.00. The van der Waals surface area contributed by atoms with Crippen molar-refractivity contribution in [2.75, 3.05) is 11.9 Å². The van der Waals surface area contributed by atoms with Crippen molar-refractivity contribution in [2.45, 2.75) is 6.54 Å². The zero-order valence-corrected chi connectivity index (χ0v) is 14.0. The molecule has 0 radical (unpaired) electrons. The van der Waals surface area contributed by atoms with Crippen LogP contribution < -0.4 is 5.32 Å². The summed E-state index contributed by atoms with van der Waals surface area (Å²) in [6.07, 6.45) is 1.71. The summed E-state index contributed by atoms with van der Waals surface area (Å²) in [6, 6.07) is 10.9. The van der Waals surface area contributed by atoms with Gasteiger partial charge in [-0.05, 0) is 24.3 Å². The summed E-state index contributed by atoms with van der Waals surface area (Å²) in [5, 5.41) is 4.03. The zero-order valence-electron chi connectivity index (χ0n) is 14.0. The Labute approximate surface area is 152 Å². The highest BCUT2D eigenvalue weighted by Crippen LogP contribution is 2.38. The molecule has 0 spiro atoms. The number of benzene rings is 2. The van der Waals surface area contributed by atoms with Crippen LogP contribution >= 0.6 is 0 Å². The Balaban J connectivity index is 1.79. The number of rotatable bonds is 2. The molecule has 1 N–H and O–H groups in total. The molecule has 4 nitrogen and oxygen atoms in total. The molecule has 7 heteroatoms. The quantitative estimate of drug-likeness (QED) is 0.527. The van der Waals surface area contributed by atoms with Gasteiger partial charge in [-0.25, -0.2) is 18.2 Å². The summed E-state index contributed by atoms with van der Waals surface area (Å²) in [4.78, 5) is 8.72. The van der Waals surface area contributed by atoms with Gasteiger partial charge in [0.05, 0.1) is 11.2 Å². The summed E-state index contributed by atoms with van der Waals surface area (Å²) in [7, 11) is 0. The highest BCUT2D eigenvalue weighted by atomic mass is 19.2. The molecule has 0 bridgehead atoms. The highest BCUT2D eigenvalue weighted by Gasteiger charge is 2.26. The van der Waals surface area contributed by atoms with Gasteiger partial charge in [-0.3, -0.25) is 4.98 Å². The SMILES string of the molecule is Fc1cc(F)c(F)c(-c2nc3n(c2-c2ccc4ncccc4c2)CCN3)c1. The molecule has 0 fully saturated rings. The lowest BCUT2D eigenvalue weighted by molar-refractivity contribution is 0.497. The lowest BCUT2D eigenvalue weighted by Gasteiger charge is -2.10. The standard InChI is InChI=1S/C20H13F3N4/c21-13-9-14(17(23)15(22)10-13)18-19(27-7-6-25-20(27)26-18)12-3-4-16-11(8-12)2-1-5-24-16/h1-5,8-10H,6-7H2,(H,25,26). The maximum Gasteiger partial charge on any atom is 0.204 e. The average molecular weight is 366 g/mol. The molecule has 3 heterocycles. The van der Waals surface area contributed by atoms with Gasteiger partial charge in [0, 0.05) is 41.9 Å². The zero-order chi connectivity index (χ0) is 18.5. The van der Waals surface area contributed by atoms with Gasteiger partial charge in [0.2, 0.25) is 5.95 Å². The molecule has 134 valence electrons. The molecule has 5 rings (SSSR count). The third kappa shape index (κ3) is 2.46. The fourth-order valence-electron chi connectivity index (χ4n) is 3.52. The Morgan fingerprint density at radius 1 is 1.04 bits per heavy atom. The Hall–Kier alpha value is -3.35. The third-order valence-electron chi connectivity index (χ3n) is 4.71. The van der Waals surface area contributed by atoms with Gasteiger partial charge < -0.3 is 9.88 Å². The van der Waals surface area contributed by atoms with Gasteiger partial charge in [0.25, 0.3) is 0 Å². The van der Waals surface area contributed by atoms with E-state index < -0.39 is 17.5 Å². The van der Waals surface area contributed by atoms with Crippen LogP contribution in [0.3, 0.4) is 0 Å². The first-order chi connectivity index (χ1) is 13.1. The van der Waals surface area contributed by atoms with E-state index in [0.717, 1.165) is 22.5 Å². The van der Waals surface area contributed by atoms with Crippen molar-refractivity contribution >= 4 is 16.9 Å². The molecule has 1 aliphatic heterocycles. The van der Waals surface area contributed by atoms with E-state index in [0.29, 0.717) is 30.8 Å². The van der Waals surface area contributed by atoms with Crippen LogP contribution in [0, 0.1) is 17.5 Å². The number of anilines is 1. The van der Waals surface area contributed by atoms with Gasteiger partial charge in [-0.15, -0.1) is 0 Å². The summed E-state index contributed by atoms with van der Waals surface area (Å²) in [6.45, 7) is 1.31. The number of nitrogens with one attached hydrogen (secondary N) is 1. The molecule has 27 heavy (non-hydrogen) atoms. The molecular weight excluding hydrogens is 353 g/mol. The summed E-state index contributed by atoms with van der Waals surface area (Å²) in [5.74, 6) is -2.65. The topological polar surface area (TPSA) is 42.7 Å². The Kier molecular flexibility index (Phi) is 3.43. The second kappa shape index (κ2) is 5.84. The minimum atomic E-state index is -1.24. The van der Waals surface area contributed by atoms with Crippen LogP contribution in [0.15, 0.2) is 48.7 Å². The monoisotopic (exact) mass is 366 g/mol. The van der Waals surface area contributed by atoms with Crippen molar-refractivity contribution in [1.29, 1.82) is 0 Å². The van der Waals surface area contributed by atoms with Crippen molar-refractivity contribution < 1.29 is 13.2 Å². The number of halogens is 3. The van der Waals surface area contributed by atoms with Crippen LogP contribution in [0.2, 0.25) is 0 Å². The predicted molar refractivity (Wildman–Crippen MR) is 96.8 cm³/mol. The molecule has 0 amide bonds. The van der Waals surface area contributed by atoms with Crippen LogP contribution in [0.25, 0.3) is 33.4 Å². The van der Waals surface area contributed by atoms with Crippen molar-refractivity contribution in [3.63, 3.8) is 0 Å². The lowest BCUT2D eigenvalue weighted by atomic mass is 10.0. The van der Waals surface area contributed by atoms with E-state index >= 15 is 0 Å². The van der Waals surface area contributed by atoms with E-state index in [1.807, 2.05) is 34.9 Å². The van der Waals surface area contributed by atoms with E-state index in [4.69, 9.17) is 0 Å². The van der Waals surface area contributed by atoms with Gasteiger partial charge in [-0.2, -0.15) is 0 Å². The smallest absolute Gasteiger partial charge is 0.204 e. The average Bonchev–Trinajstić information content (AvgIpc) is 3.25. The normalized spacial score (nSPS) is 13.0. The molecule has 0 saturated carbocycles. The first-order valence-corrected chi connectivity index (χ1v) is 8.46. The van der Waals surface area contributed by atoms with E-state index in [1.165, 1.54) is 0 Å². The number of pyridine rings is 1. The number of hydrogen-bond donors (Lipinski definition) is 1. The minimum absolute atomic E-state index is 0.197. The molecule has 2 aromatic carbocycles. The highest BCUT2D eigenvalue weighted by molar-refractivity contribution is 5.88. The van der Waals surface area contributed by atoms with Crippen molar-refractivity contribution in [3.05, 3.63) is 66.1 Å². The molecule has 0 unspecified atom stereocenters. The summed E-state index contributed by atoms with van der Waals surface area (Å²) in [5.41, 5.74) is 2.22. The predicted octanol–water partition coefficient (Wildman–Crippen LogP) is 4.61. The van der Waals surface area contributed by atoms with Crippen molar-refractivity contribution in [3.8, 4) is 22.5 Å². The molecule has 2 aromatic heterocycles. The van der Waals surface area contributed by atoms with Gasteiger partial charge in [-0.1, -0.05) is 12.1 Å².